The van der Waals surface area contributed by atoms with Gasteiger partial charge in [0.05, 0.1) is 0 Å². The Labute approximate surface area is 136 Å². The summed E-state index contributed by atoms with van der Waals surface area (Å²) in [5.74, 6) is 1.74. The number of hydrogen-bond acceptors (Lipinski definition) is 4. The van der Waals surface area contributed by atoms with E-state index in [0.29, 0.717) is 13.2 Å². The highest BCUT2D eigenvalue weighted by molar-refractivity contribution is 5.46. The summed E-state index contributed by atoms with van der Waals surface area (Å²) in [7, 11) is 0. The Morgan fingerprint density at radius 3 is 2.65 bits per heavy atom. The normalized spacial score (nSPS) is 18.8. The van der Waals surface area contributed by atoms with Crippen molar-refractivity contribution >= 4 is 0 Å². The van der Waals surface area contributed by atoms with Gasteiger partial charge in [-0.15, -0.1) is 0 Å². The second-order valence-corrected chi connectivity index (χ2v) is 6.36. The third-order valence-electron chi connectivity index (χ3n) is 4.91. The van der Waals surface area contributed by atoms with Crippen LogP contribution in [0, 0.1) is 0 Å². The summed E-state index contributed by atoms with van der Waals surface area (Å²) < 4.78 is 11.4. The number of aromatic nitrogens is 1. The van der Waals surface area contributed by atoms with Crippen molar-refractivity contribution in [1.29, 1.82) is 0 Å². The van der Waals surface area contributed by atoms with Crippen LogP contribution in [0.3, 0.4) is 0 Å². The zero-order valence-corrected chi connectivity index (χ0v) is 13.3. The lowest BCUT2D eigenvalue weighted by Gasteiger charge is -2.32. The Kier molecular flexibility index (Phi) is 3.92. The predicted molar refractivity (Wildman–Crippen MR) is 88.7 cm³/mol. The Morgan fingerprint density at radius 1 is 1.04 bits per heavy atom. The number of nitrogens with zero attached hydrogens (tertiary/aromatic N) is 1. The van der Waals surface area contributed by atoms with Crippen molar-refractivity contribution in [3.63, 3.8) is 0 Å². The van der Waals surface area contributed by atoms with Crippen LogP contribution >= 0.6 is 0 Å². The molecule has 1 aromatic heterocycles. The summed E-state index contributed by atoms with van der Waals surface area (Å²) in [5.41, 5.74) is 2.56. The lowest BCUT2D eigenvalue weighted by atomic mass is 9.87. The van der Waals surface area contributed by atoms with Gasteiger partial charge in [-0.2, -0.15) is 0 Å². The van der Waals surface area contributed by atoms with Gasteiger partial charge < -0.3 is 14.8 Å². The van der Waals surface area contributed by atoms with E-state index in [1.165, 1.54) is 24.0 Å². The number of benzene rings is 1. The number of hydrogen-bond donors (Lipinski definition) is 1. The van der Waals surface area contributed by atoms with E-state index in [1.807, 2.05) is 18.5 Å². The van der Waals surface area contributed by atoms with Crippen molar-refractivity contribution in [2.24, 2.45) is 0 Å². The average Bonchev–Trinajstić information content (AvgIpc) is 3.11. The Morgan fingerprint density at radius 2 is 1.87 bits per heavy atom. The van der Waals surface area contributed by atoms with Gasteiger partial charge in [-0.05, 0) is 42.2 Å². The molecule has 4 heteroatoms. The maximum absolute atomic E-state index is 5.77. The van der Waals surface area contributed by atoms with E-state index in [-0.39, 0.29) is 5.54 Å². The van der Waals surface area contributed by atoms with Gasteiger partial charge in [0, 0.05) is 24.5 Å². The standard InChI is InChI=1S/C19H22N2O2/c1-2-8-19(7-1,21-14-15-4-3-9-20-13-15)16-5-6-17-18(12-16)23-11-10-22-17/h3-6,9,12-13,21H,1-2,7-8,10-11,14H2. The molecular weight excluding hydrogens is 288 g/mol. The molecule has 0 amide bonds. The minimum absolute atomic E-state index is 0.0334. The minimum atomic E-state index is 0.0334. The van der Waals surface area contributed by atoms with E-state index in [0.717, 1.165) is 30.9 Å². The molecule has 0 bridgehead atoms. The topological polar surface area (TPSA) is 43.4 Å². The first-order valence-electron chi connectivity index (χ1n) is 8.40. The first kappa shape index (κ1) is 14.5. The summed E-state index contributed by atoms with van der Waals surface area (Å²) in [6, 6.07) is 10.5. The van der Waals surface area contributed by atoms with E-state index in [9.17, 15) is 0 Å². The molecular formula is C19H22N2O2. The third-order valence-corrected chi connectivity index (χ3v) is 4.91. The van der Waals surface area contributed by atoms with Gasteiger partial charge >= 0.3 is 0 Å². The smallest absolute Gasteiger partial charge is 0.161 e. The maximum atomic E-state index is 5.77. The zero-order chi connectivity index (χ0) is 15.5. The molecule has 0 atom stereocenters. The Hall–Kier alpha value is -2.07. The highest BCUT2D eigenvalue weighted by Gasteiger charge is 2.35. The van der Waals surface area contributed by atoms with Gasteiger partial charge in [0.1, 0.15) is 13.2 Å². The molecule has 1 aliphatic carbocycles. The summed E-state index contributed by atoms with van der Waals surface area (Å²) in [6.45, 7) is 2.10. The largest absolute Gasteiger partial charge is 0.486 e. The van der Waals surface area contributed by atoms with Crippen LogP contribution in [0.1, 0.15) is 36.8 Å². The van der Waals surface area contributed by atoms with Crippen molar-refractivity contribution in [3.05, 3.63) is 53.9 Å². The molecule has 4 nitrogen and oxygen atoms in total. The molecule has 2 heterocycles. The van der Waals surface area contributed by atoms with Crippen LogP contribution in [0.25, 0.3) is 0 Å². The maximum Gasteiger partial charge on any atom is 0.161 e. The van der Waals surface area contributed by atoms with Gasteiger partial charge in [-0.25, -0.2) is 0 Å². The summed E-state index contributed by atoms with van der Waals surface area (Å²) in [5, 5.41) is 3.80. The number of pyridine rings is 1. The molecule has 1 aliphatic heterocycles. The molecule has 2 aromatic rings. The highest BCUT2D eigenvalue weighted by Crippen LogP contribution is 2.42. The zero-order valence-electron chi connectivity index (χ0n) is 13.3. The SMILES string of the molecule is c1cncc(CNC2(c3ccc4c(c3)OCCO4)CCCC2)c1. The van der Waals surface area contributed by atoms with Gasteiger partial charge in [-0.1, -0.05) is 25.0 Å². The third kappa shape index (κ3) is 2.91. The van der Waals surface area contributed by atoms with Crippen LogP contribution in [0.15, 0.2) is 42.7 Å². The molecule has 2 aliphatic rings. The molecule has 1 N–H and O–H groups in total. The first-order chi connectivity index (χ1) is 11.4. The van der Waals surface area contributed by atoms with Crippen LogP contribution < -0.4 is 14.8 Å². The monoisotopic (exact) mass is 310 g/mol. The second-order valence-electron chi connectivity index (χ2n) is 6.36. The first-order valence-corrected chi connectivity index (χ1v) is 8.40. The number of nitrogens with one attached hydrogen (secondary N) is 1. The van der Waals surface area contributed by atoms with Crippen LogP contribution in [0.4, 0.5) is 0 Å². The summed E-state index contributed by atoms with van der Waals surface area (Å²) in [4.78, 5) is 4.21. The predicted octanol–water partition coefficient (Wildman–Crippen LogP) is 3.41. The van der Waals surface area contributed by atoms with E-state index in [1.54, 1.807) is 0 Å². The van der Waals surface area contributed by atoms with Crippen LogP contribution in [0.2, 0.25) is 0 Å². The summed E-state index contributed by atoms with van der Waals surface area (Å²) in [6.07, 6.45) is 8.58. The Bertz CT molecular complexity index is 666. The quantitative estimate of drug-likeness (QED) is 0.940. The molecule has 0 radical (unpaired) electrons. The van der Waals surface area contributed by atoms with Crippen molar-refractivity contribution < 1.29 is 9.47 Å². The minimum Gasteiger partial charge on any atom is -0.486 e. The van der Waals surface area contributed by atoms with Gasteiger partial charge in [0.15, 0.2) is 11.5 Å². The molecule has 120 valence electrons. The van der Waals surface area contributed by atoms with Crippen molar-refractivity contribution in [2.75, 3.05) is 13.2 Å². The van der Waals surface area contributed by atoms with Crippen molar-refractivity contribution in [1.82, 2.24) is 10.3 Å². The second kappa shape index (κ2) is 6.20. The van der Waals surface area contributed by atoms with Crippen LogP contribution in [0.5, 0.6) is 11.5 Å². The fourth-order valence-corrected chi connectivity index (χ4v) is 3.66. The van der Waals surface area contributed by atoms with Crippen molar-refractivity contribution in [3.8, 4) is 11.5 Å². The lowest BCUT2D eigenvalue weighted by molar-refractivity contribution is 0.170. The summed E-state index contributed by atoms with van der Waals surface area (Å²) >= 11 is 0. The molecule has 0 saturated heterocycles. The molecule has 0 unspecified atom stereocenters. The molecule has 4 rings (SSSR count). The van der Waals surface area contributed by atoms with Gasteiger partial charge in [0.25, 0.3) is 0 Å². The molecule has 1 saturated carbocycles. The molecule has 23 heavy (non-hydrogen) atoms. The Balaban J connectivity index is 1.59. The lowest BCUT2D eigenvalue weighted by Crippen LogP contribution is -2.39. The molecule has 1 fully saturated rings. The van der Waals surface area contributed by atoms with Crippen LogP contribution in [-0.4, -0.2) is 18.2 Å². The highest BCUT2D eigenvalue weighted by atomic mass is 16.6. The van der Waals surface area contributed by atoms with E-state index in [4.69, 9.17) is 9.47 Å². The fourth-order valence-electron chi connectivity index (χ4n) is 3.66. The number of rotatable bonds is 4. The molecule has 1 aromatic carbocycles. The number of fused-ring (bicyclic) bond motifs is 1. The fraction of sp³-hybridized carbons (Fsp3) is 0.421. The van der Waals surface area contributed by atoms with Gasteiger partial charge in [0.2, 0.25) is 0 Å². The van der Waals surface area contributed by atoms with E-state index < -0.39 is 0 Å². The van der Waals surface area contributed by atoms with Crippen molar-refractivity contribution in [2.45, 2.75) is 37.8 Å². The van der Waals surface area contributed by atoms with Gasteiger partial charge in [-0.3, -0.25) is 4.98 Å². The van der Waals surface area contributed by atoms with E-state index >= 15 is 0 Å². The van der Waals surface area contributed by atoms with Crippen LogP contribution in [-0.2, 0) is 12.1 Å². The molecule has 0 spiro atoms. The van der Waals surface area contributed by atoms with E-state index in [2.05, 4.69) is 34.6 Å². The number of ether oxygens (including phenoxy) is 2. The average molecular weight is 310 g/mol.